The van der Waals surface area contributed by atoms with Gasteiger partial charge in [-0.05, 0) is 93.6 Å². The number of rotatable bonds is 12. The Hall–Kier alpha value is -5.84. The van der Waals surface area contributed by atoms with E-state index in [0.717, 1.165) is 30.3 Å². The van der Waals surface area contributed by atoms with Crippen LogP contribution in [0, 0.1) is 6.92 Å². The first-order valence-corrected chi connectivity index (χ1v) is 15.6. The molecule has 0 aliphatic carbocycles. The van der Waals surface area contributed by atoms with Crippen LogP contribution >= 0.6 is 0 Å². The third kappa shape index (κ3) is 9.60. The lowest BCUT2D eigenvalue weighted by Crippen LogP contribution is -2.42. The highest BCUT2D eigenvalue weighted by atomic mass is 16.7. The molecule has 0 aliphatic heterocycles. The van der Waals surface area contributed by atoms with Crippen molar-refractivity contribution in [3.8, 4) is 17.2 Å². The maximum absolute atomic E-state index is 13.2. The van der Waals surface area contributed by atoms with Crippen molar-refractivity contribution in [2.45, 2.75) is 46.1 Å². The summed E-state index contributed by atoms with van der Waals surface area (Å²) in [4.78, 5) is 48.1. The molecular weight excluding hydrogens is 624 g/mol. The maximum atomic E-state index is 13.2. The molecule has 0 saturated carbocycles. The molecule has 11 heteroatoms. The third-order valence-electron chi connectivity index (χ3n) is 7.54. The largest absolute Gasteiger partial charge is 0.493 e. The lowest BCUT2D eigenvalue weighted by molar-refractivity contribution is 0.0975. The zero-order valence-electron chi connectivity index (χ0n) is 28.8. The minimum absolute atomic E-state index is 0.193. The number of aryl methyl sites for hydroxylation is 3. The SMILES string of the molecule is COc1cc(C(=O)NC=NC(=O)ON(c2ccc(C)c(NC(=O)c3ccc(CCc4ccccc4)cc3)c2)C(C)(C)C)cc(OC)c1OC. The molecule has 0 bridgehead atoms. The number of carbonyl (C=O) groups is 3. The number of ether oxygens (including phenoxy) is 3. The molecule has 3 amide bonds. The van der Waals surface area contributed by atoms with Crippen LogP contribution in [0.15, 0.2) is 89.9 Å². The molecule has 4 aromatic carbocycles. The van der Waals surface area contributed by atoms with Gasteiger partial charge in [-0.1, -0.05) is 48.5 Å². The fraction of sp³-hybridized carbons (Fsp3) is 0.263. The number of nitrogens with zero attached hydrogens (tertiary/aromatic N) is 2. The summed E-state index contributed by atoms with van der Waals surface area (Å²) in [5, 5.41) is 6.82. The van der Waals surface area contributed by atoms with Gasteiger partial charge in [0.2, 0.25) is 5.75 Å². The van der Waals surface area contributed by atoms with Crippen LogP contribution in [0.25, 0.3) is 0 Å². The van der Waals surface area contributed by atoms with E-state index in [4.69, 9.17) is 19.0 Å². The van der Waals surface area contributed by atoms with Crippen LogP contribution in [-0.4, -0.2) is 51.1 Å². The van der Waals surface area contributed by atoms with Gasteiger partial charge in [-0.3, -0.25) is 9.59 Å². The molecule has 4 rings (SSSR count). The fourth-order valence-electron chi connectivity index (χ4n) is 4.94. The first-order valence-electron chi connectivity index (χ1n) is 15.6. The molecule has 0 atom stereocenters. The predicted octanol–water partition coefficient (Wildman–Crippen LogP) is 7.17. The van der Waals surface area contributed by atoms with Gasteiger partial charge in [0.1, 0.15) is 6.34 Å². The molecule has 0 heterocycles. The Morgan fingerprint density at radius 1 is 0.755 bits per heavy atom. The molecule has 0 spiro atoms. The van der Waals surface area contributed by atoms with Crippen LogP contribution in [-0.2, 0) is 17.7 Å². The van der Waals surface area contributed by atoms with E-state index in [2.05, 4.69) is 27.8 Å². The topological polar surface area (TPSA) is 128 Å². The van der Waals surface area contributed by atoms with E-state index in [1.54, 1.807) is 12.1 Å². The summed E-state index contributed by atoms with van der Waals surface area (Å²) in [5.41, 5.74) is 4.32. The second-order valence-corrected chi connectivity index (χ2v) is 12.1. The summed E-state index contributed by atoms with van der Waals surface area (Å²) in [6, 6.07) is 26.1. The number of hydrogen-bond donors (Lipinski definition) is 2. The molecular formula is C38H42N4O7. The lowest BCUT2D eigenvalue weighted by atomic mass is 10.0. The Balaban J connectivity index is 1.41. The zero-order chi connectivity index (χ0) is 35.6. The van der Waals surface area contributed by atoms with E-state index in [1.165, 1.54) is 44.1 Å². The maximum Gasteiger partial charge on any atom is 0.459 e. The van der Waals surface area contributed by atoms with Crippen LogP contribution in [0.2, 0.25) is 0 Å². The van der Waals surface area contributed by atoms with E-state index in [9.17, 15) is 14.4 Å². The Labute approximate surface area is 286 Å². The predicted molar refractivity (Wildman–Crippen MR) is 190 cm³/mol. The van der Waals surface area contributed by atoms with Crippen molar-refractivity contribution in [1.82, 2.24) is 5.32 Å². The summed E-state index contributed by atoms with van der Waals surface area (Å²) >= 11 is 0. The van der Waals surface area contributed by atoms with Gasteiger partial charge in [0, 0.05) is 16.8 Å². The van der Waals surface area contributed by atoms with Gasteiger partial charge in [-0.25, -0.2) is 4.79 Å². The van der Waals surface area contributed by atoms with Crippen LogP contribution in [0.5, 0.6) is 17.2 Å². The second-order valence-electron chi connectivity index (χ2n) is 12.1. The normalized spacial score (nSPS) is 11.1. The molecule has 2 N–H and O–H groups in total. The standard InChI is InChI=1S/C38H42N4O7/c1-25-13-20-30(23-31(25)41-36(44)28-18-16-27(17-19-28)15-14-26-11-9-8-10-12-26)42(38(2,3)4)49-37(45)40-24-39-35(43)29-21-32(46-5)34(48-7)33(22-29)47-6/h8-13,16-24H,14-15H2,1-7H3,(H,41,44)(H,39,40,43,45). The van der Waals surface area contributed by atoms with Gasteiger partial charge >= 0.3 is 6.09 Å². The first-order chi connectivity index (χ1) is 23.4. The van der Waals surface area contributed by atoms with Crippen molar-refractivity contribution in [2.24, 2.45) is 4.99 Å². The van der Waals surface area contributed by atoms with Gasteiger partial charge in [0.05, 0.1) is 32.6 Å². The van der Waals surface area contributed by atoms with E-state index in [1.807, 2.05) is 76.2 Å². The Morgan fingerprint density at radius 3 is 1.94 bits per heavy atom. The highest BCUT2D eigenvalue weighted by Crippen LogP contribution is 2.38. The molecule has 256 valence electrons. The summed E-state index contributed by atoms with van der Waals surface area (Å²) in [7, 11) is 4.34. The summed E-state index contributed by atoms with van der Waals surface area (Å²) < 4.78 is 15.9. The number of aliphatic imine (C=N–C) groups is 1. The molecule has 49 heavy (non-hydrogen) atoms. The van der Waals surface area contributed by atoms with Crippen molar-refractivity contribution in [2.75, 3.05) is 31.7 Å². The number of nitrogens with one attached hydrogen (secondary N) is 2. The first kappa shape index (κ1) is 36.0. The zero-order valence-corrected chi connectivity index (χ0v) is 28.8. The molecule has 4 aromatic rings. The highest BCUT2D eigenvalue weighted by molar-refractivity contribution is 6.05. The molecule has 0 saturated heterocycles. The van der Waals surface area contributed by atoms with Gasteiger partial charge in [0.25, 0.3) is 11.8 Å². The van der Waals surface area contributed by atoms with Crippen molar-refractivity contribution in [3.05, 3.63) is 113 Å². The van der Waals surface area contributed by atoms with E-state index in [0.29, 0.717) is 34.2 Å². The lowest BCUT2D eigenvalue weighted by Gasteiger charge is -2.34. The minimum atomic E-state index is -0.973. The van der Waals surface area contributed by atoms with Crippen molar-refractivity contribution in [1.29, 1.82) is 0 Å². The quantitative estimate of drug-likeness (QED) is 0.0926. The van der Waals surface area contributed by atoms with E-state index in [-0.39, 0.29) is 11.5 Å². The monoisotopic (exact) mass is 666 g/mol. The van der Waals surface area contributed by atoms with Crippen LogP contribution in [0.4, 0.5) is 16.2 Å². The molecule has 11 nitrogen and oxygen atoms in total. The van der Waals surface area contributed by atoms with Gasteiger partial charge < -0.3 is 29.7 Å². The Morgan fingerprint density at radius 2 is 1.37 bits per heavy atom. The van der Waals surface area contributed by atoms with Crippen molar-refractivity contribution < 1.29 is 33.4 Å². The number of benzene rings is 4. The van der Waals surface area contributed by atoms with E-state index >= 15 is 0 Å². The molecule has 0 fully saturated rings. The van der Waals surface area contributed by atoms with E-state index < -0.39 is 17.5 Å². The third-order valence-corrected chi connectivity index (χ3v) is 7.54. The van der Waals surface area contributed by atoms with Gasteiger partial charge in [0.15, 0.2) is 11.5 Å². The molecule has 0 unspecified atom stereocenters. The number of amides is 3. The molecule has 0 radical (unpaired) electrons. The Bertz CT molecular complexity index is 1770. The summed E-state index contributed by atoms with van der Waals surface area (Å²) in [6.45, 7) is 7.44. The van der Waals surface area contributed by atoms with Crippen LogP contribution in [0.1, 0.15) is 58.2 Å². The molecule has 0 aliphatic rings. The number of methoxy groups -OCH3 is 3. The smallest absolute Gasteiger partial charge is 0.459 e. The number of carbonyl (C=O) groups excluding carboxylic acids is 3. The highest BCUT2D eigenvalue weighted by Gasteiger charge is 2.27. The van der Waals surface area contributed by atoms with Crippen molar-refractivity contribution in [3.63, 3.8) is 0 Å². The summed E-state index contributed by atoms with van der Waals surface area (Å²) in [5.74, 6) is 0.102. The number of anilines is 2. The average molecular weight is 667 g/mol. The second kappa shape index (κ2) is 16.3. The van der Waals surface area contributed by atoms with Crippen LogP contribution in [0.3, 0.4) is 0 Å². The van der Waals surface area contributed by atoms with Gasteiger partial charge in [-0.15, -0.1) is 0 Å². The Kier molecular flexibility index (Phi) is 12.0. The fourth-order valence-corrected chi connectivity index (χ4v) is 4.94. The minimum Gasteiger partial charge on any atom is -0.493 e. The summed E-state index contributed by atoms with van der Waals surface area (Å²) in [6.07, 6.45) is 1.77. The number of hydrogen-bond acceptors (Lipinski definition) is 8. The number of hydroxylamine groups is 1. The molecule has 0 aromatic heterocycles. The van der Waals surface area contributed by atoms with Crippen molar-refractivity contribution >= 4 is 35.6 Å². The van der Waals surface area contributed by atoms with Crippen LogP contribution < -0.4 is 29.9 Å². The van der Waals surface area contributed by atoms with Gasteiger partial charge in [-0.2, -0.15) is 10.1 Å². The average Bonchev–Trinajstić information content (AvgIpc) is 3.10.